The van der Waals surface area contributed by atoms with Crippen LogP contribution in [0, 0.1) is 0 Å². The Hall–Kier alpha value is -3.45. The lowest BCUT2D eigenvalue weighted by Gasteiger charge is -2.13. The van der Waals surface area contributed by atoms with E-state index >= 15 is 0 Å². The Labute approximate surface area is 202 Å². The molecule has 5 rings (SSSR count). The number of carbonyl (C=O) groups is 1. The van der Waals surface area contributed by atoms with Gasteiger partial charge in [-0.15, -0.1) is 11.3 Å². The number of hydrogen-bond donors (Lipinski definition) is 3. The third kappa shape index (κ3) is 4.89. The van der Waals surface area contributed by atoms with Gasteiger partial charge in [-0.05, 0) is 54.3 Å². The molecule has 5 aromatic rings. The second-order valence-corrected chi connectivity index (χ2v) is 9.34. The summed E-state index contributed by atoms with van der Waals surface area (Å²) in [6.07, 6.45) is 7.94. The maximum absolute atomic E-state index is 12.4. The van der Waals surface area contributed by atoms with Gasteiger partial charge in [0.05, 0.1) is 11.0 Å². The highest BCUT2D eigenvalue weighted by Gasteiger charge is 2.11. The van der Waals surface area contributed by atoms with Crippen LogP contribution in [-0.4, -0.2) is 39.6 Å². The number of rotatable bonds is 10. The Kier molecular flexibility index (Phi) is 6.72. The quantitative estimate of drug-likeness (QED) is 0.148. The molecule has 3 heterocycles. The highest BCUT2D eigenvalue weighted by atomic mass is 32.1. The van der Waals surface area contributed by atoms with E-state index in [0.29, 0.717) is 13.1 Å². The molecule has 0 bridgehead atoms. The molecule has 0 amide bonds. The minimum atomic E-state index is -0.525. The van der Waals surface area contributed by atoms with Crippen LogP contribution in [0.25, 0.3) is 27.9 Å². The van der Waals surface area contributed by atoms with E-state index in [4.69, 9.17) is 0 Å². The second-order valence-electron chi connectivity index (χ2n) is 8.40. The molecule has 172 valence electrons. The Morgan fingerprint density at radius 2 is 1.91 bits per heavy atom. The van der Waals surface area contributed by atoms with E-state index in [9.17, 15) is 9.90 Å². The van der Waals surface area contributed by atoms with Gasteiger partial charge in [0.2, 0.25) is 0 Å². The predicted octanol–water partition coefficient (Wildman–Crippen LogP) is 5.27. The molecule has 34 heavy (non-hydrogen) atoms. The van der Waals surface area contributed by atoms with Gasteiger partial charge in [-0.25, -0.2) is 0 Å². The third-order valence-corrected chi connectivity index (χ3v) is 6.92. The van der Waals surface area contributed by atoms with Crippen LogP contribution in [0.2, 0.25) is 0 Å². The summed E-state index contributed by atoms with van der Waals surface area (Å²) >= 11 is 1.44. The molecule has 0 aliphatic rings. The summed E-state index contributed by atoms with van der Waals surface area (Å²) in [5.74, 6) is 0.00580. The van der Waals surface area contributed by atoms with Gasteiger partial charge in [0.15, 0.2) is 5.78 Å². The number of thiophene rings is 1. The molecule has 3 N–H and O–H groups in total. The van der Waals surface area contributed by atoms with Crippen molar-refractivity contribution in [3.8, 4) is 0 Å². The number of aliphatic hydroxyl groups is 1. The van der Waals surface area contributed by atoms with Gasteiger partial charge < -0.3 is 20.0 Å². The zero-order valence-electron chi connectivity index (χ0n) is 18.8. The Bertz CT molecular complexity index is 1430. The summed E-state index contributed by atoms with van der Waals surface area (Å²) < 4.78 is 2.07. The molecule has 3 aromatic heterocycles. The second kappa shape index (κ2) is 10.2. The number of benzene rings is 2. The zero-order chi connectivity index (χ0) is 23.3. The maximum Gasteiger partial charge on any atom is 0.195 e. The van der Waals surface area contributed by atoms with Gasteiger partial charge in [0.25, 0.3) is 0 Å². The highest BCUT2D eigenvalue weighted by molar-refractivity contribution is 7.12. The number of aromatic nitrogens is 2. The number of nitrogens with one attached hydrogen (secondary N) is 2. The number of allylic oxidation sites excluding steroid dienone is 1. The van der Waals surface area contributed by atoms with Crippen LogP contribution >= 0.6 is 11.3 Å². The first kappa shape index (κ1) is 22.3. The van der Waals surface area contributed by atoms with Crippen LogP contribution in [0.5, 0.6) is 0 Å². The first-order valence-corrected chi connectivity index (χ1v) is 12.3. The van der Waals surface area contributed by atoms with Crippen LogP contribution < -0.4 is 5.32 Å². The monoisotopic (exact) mass is 469 g/mol. The molecule has 1 unspecified atom stereocenters. The SMILES string of the molecule is O=C(C=Cc1cn(CC(O)CNCCc2c[nH]c3ccccc23)c2ccccc12)c1cccs1. The Morgan fingerprint density at radius 1 is 1.09 bits per heavy atom. The summed E-state index contributed by atoms with van der Waals surface area (Å²) in [5, 5.41) is 18.3. The number of ketones is 1. The Balaban J connectivity index is 1.20. The molecule has 1 atom stereocenters. The normalized spacial score (nSPS) is 12.7. The van der Waals surface area contributed by atoms with E-state index in [1.807, 2.05) is 60.1 Å². The number of aliphatic hydroxyl groups excluding tert-OH is 1. The van der Waals surface area contributed by atoms with E-state index < -0.39 is 6.10 Å². The number of nitrogens with zero attached hydrogens (tertiary/aromatic N) is 1. The fourth-order valence-corrected chi connectivity index (χ4v) is 4.99. The van der Waals surface area contributed by atoms with E-state index in [2.05, 4.69) is 39.3 Å². The Morgan fingerprint density at radius 3 is 2.76 bits per heavy atom. The standard InChI is InChI=1S/C28H27N3O2S/c32-22(17-29-14-13-20-16-30-25-8-3-1-6-23(20)25)19-31-18-21(24-7-2-4-9-26(24)31)11-12-27(33)28-10-5-15-34-28/h1-12,15-16,18,22,29-30,32H,13-14,17,19H2. The molecule has 0 saturated carbocycles. The molecular weight excluding hydrogens is 442 g/mol. The lowest BCUT2D eigenvalue weighted by Crippen LogP contribution is -2.31. The third-order valence-electron chi connectivity index (χ3n) is 6.03. The average Bonchev–Trinajstić information content (AvgIpc) is 3.60. The van der Waals surface area contributed by atoms with Crippen LogP contribution in [0.1, 0.15) is 20.8 Å². The summed E-state index contributed by atoms with van der Waals surface area (Å²) in [4.78, 5) is 16.4. The van der Waals surface area contributed by atoms with Gasteiger partial charge in [0, 0.05) is 52.9 Å². The molecule has 5 nitrogen and oxygen atoms in total. The van der Waals surface area contributed by atoms with E-state index in [1.54, 1.807) is 6.08 Å². The van der Waals surface area contributed by atoms with Gasteiger partial charge in [-0.2, -0.15) is 0 Å². The van der Waals surface area contributed by atoms with Crippen molar-refractivity contribution in [1.82, 2.24) is 14.9 Å². The van der Waals surface area contributed by atoms with Crippen molar-refractivity contribution in [2.45, 2.75) is 19.1 Å². The molecule has 0 aliphatic carbocycles. The van der Waals surface area contributed by atoms with Gasteiger partial charge in [0.1, 0.15) is 0 Å². The number of carbonyl (C=O) groups excluding carboxylic acids is 1. The van der Waals surface area contributed by atoms with E-state index in [0.717, 1.165) is 39.8 Å². The largest absolute Gasteiger partial charge is 0.390 e. The molecule has 0 radical (unpaired) electrons. The number of hydrogen-bond acceptors (Lipinski definition) is 4. The average molecular weight is 470 g/mol. The van der Waals surface area contributed by atoms with Crippen molar-refractivity contribution in [2.75, 3.05) is 13.1 Å². The number of H-pyrrole nitrogens is 1. The summed E-state index contributed by atoms with van der Waals surface area (Å²) in [5.41, 5.74) is 4.45. The van der Waals surface area contributed by atoms with Gasteiger partial charge >= 0.3 is 0 Å². The van der Waals surface area contributed by atoms with Gasteiger partial charge in [-0.1, -0.05) is 42.5 Å². The molecular formula is C28H27N3O2S. The molecule has 2 aromatic carbocycles. The van der Waals surface area contributed by atoms with Crippen molar-refractivity contribution < 1.29 is 9.90 Å². The lowest BCUT2D eigenvalue weighted by atomic mass is 10.1. The van der Waals surface area contributed by atoms with Crippen LogP contribution in [0.3, 0.4) is 0 Å². The zero-order valence-corrected chi connectivity index (χ0v) is 19.6. The summed E-state index contributed by atoms with van der Waals surface area (Å²) in [6.45, 7) is 1.79. The van der Waals surface area contributed by atoms with Crippen LogP contribution in [0.15, 0.2) is 84.5 Å². The first-order chi connectivity index (χ1) is 16.7. The highest BCUT2D eigenvalue weighted by Crippen LogP contribution is 2.23. The van der Waals surface area contributed by atoms with Crippen molar-refractivity contribution in [3.05, 3.63) is 101 Å². The first-order valence-electron chi connectivity index (χ1n) is 11.5. The summed E-state index contributed by atoms with van der Waals surface area (Å²) in [7, 11) is 0. The molecule has 0 spiro atoms. The van der Waals surface area contributed by atoms with E-state index in [1.165, 1.54) is 22.3 Å². The van der Waals surface area contributed by atoms with Crippen LogP contribution in [-0.2, 0) is 13.0 Å². The fraction of sp³-hybridized carbons (Fsp3) is 0.179. The summed E-state index contributed by atoms with van der Waals surface area (Å²) in [6, 6.07) is 20.1. The smallest absolute Gasteiger partial charge is 0.195 e. The lowest BCUT2D eigenvalue weighted by molar-refractivity contribution is 0.105. The van der Waals surface area contributed by atoms with Crippen molar-refractivity contribution in [2.24, 2.45) is 0 Å². The van der Waals surface area contributed by atoms with Gasteiger partial charge in [-0.3, -0.25) is 4.79 Å². The van der Waals surface area contributed by atoms with E-state index in [-0.39, 0.29) is 5.78 Å². The number of para-hydroxylation sites is 2. The minimum Gasteiger partial charge on any atom is -0.390 e. The maximum atomic E-state index is 12.4. The molecule has 0 aliphatic heterocycles. The van der Waals surface area contributed by atoms with Crippen LogP contribution in [0.4, 0.5) is 0 Å². The van der Waals surface area contributed by atoms with Crippen molar-refractivity contribution in [3.63, 3.8) is 0 Å². The predicted molar refractivity (Wildman–Crippen MR) is 141 cm³/mol. The number of fused-ring (bicyclic) bond motifs is 2. The minimum absolute atomic E-state index is 0.00580. The molecule has 6 heteroatoms. The van der Waals surface area contributed by atoms with Crippen molar-refractivity contribution >= 4 is 45.0 Å². The van der Waals surface area contributed by atoms with Crippen molar-refractivity contribution in [1.29, 1.82) is 0 Å². The number of aromatic amines is 1. The molecule has 0 fully saturated rings. The topological polar surface area (TPSA) is 70.1 Å². The fourth-order valence-electron chi connectivity index (χ4n) is 4.35. The molecule has 0 saturated heterocycles.